The molecule has 92 valence electrons. The van der Waals surface area contributed by atoms with Crippen molar-refractivity contribution in [3.05, 3.63) is 71.0 Å². The molecule has 0 aliphatic carbocycles. The summed E-state index contributed by atoms with van der Waals surface area (Å²) in [5.74, 6) is 0. The molecule has 0 fully saturated rings. The van der Waals surface area contributed by atoms with Crippen LogP contribution in [0, 0.1) is 0 Å². The number of halogens is 1. The Morgan fingerprint density at radius 2 is 1.94 bits per heavy atom. The Morgan fingerprint density at radius 3 is 2.56 bits per heavy atom. The molecular weight excluding hydrogens is 242 g/mol. The van der Waals surface area contributed by atoms with Crippen LogP contribution >= 0.6 is 11.6 Å². The van der Waals surface area contributed by atoms with Gasteiger partial charge in [0.1, 0.15) is 0 Å². The molecule has 0 saturated carbocycles. The summed E-state index contributed by atoms with van der Waals surface area (Å²) in [5, 5.41) is 0.759. The van der Waals surface area contributed by atoms with Crippen LogP contribution in [0.25, 0.3) is 5.57 Å². The number of unbranched alkanes of at least 4 members (excludes halogenated alkanes) is 1. The van der Waals surface area contributed by atoms with Crippen LogP contribution in [-0.2, 0) is 0 Å². The van der Waals surface area contributed by atoms with Crippen molar-refractivity contribution in [3.63, 3.8) is 0 Å². The Labute approximate surface area is 113 Å². The van der Waals surface area contributed by atoms with Crippen LogP contribution in [0.4, 0.5) is 0 Å². The smallest absolute Gasteiger partial charge is 0.0704 e. The Kier molecular flexibility index (Phi) is 4.54. The summed E-state index contributed by atoms with van der Waals surface area (Å²) in [6, 6.07) is 13.9. The molecule has 1 aromatic heterocycles. The van der Waals surface area contributed by atoms with Crippen LogP contribution in [0.3, 0.4) is 0 Å². The van der Waals surface area contributed by atoms with E-state index in [9.17, 15) is 0 Å². The fourth-order valence-electron chi connectivity index (χ4n) is 1.81. The quantitative estimate of drug-likeness (QED) is 0.754. The van der Waals surface area contributed by atoms with Crippen LogP contribution < -0.4 is 0 Å². The standard InChI is InChI=1S/C16H16ClN/c1-2-3-6-15(16-7-4-5-12-18-16)13-8-10-14(17)11-9-13/h4-12H,2-3H2,1H3/b15-6-. The first kappa shape index (κ1) is 12.8. The van der Waals surface area contributed by atoms with E-state index in [1.54, 1.807) is 0 Å². The third-order valence-corrected chi connectivity index (χ3v) is 2.99. The zero-order valence-corrected chi connectivity index (χ0v) is 11.2. The lowest BCUT2D eigenvalue weighted by atomic mass is 10.0. The van der Waals surface area contributed by atoms with Crippen molar-refractivity contribution < 1.29 is 0 Å². The molecule has 2 heteroatoms. The third kappa shape index (κ3) is 3.21. The van der Waals surface area contributed by atoms with Gasteiger partial charge in [-0.25, -0.2) is 0 Å². The van der Waals surface area contributed by atoms with Gasteiger partial charge in [0.05, 0.1) is 5.69 Å². The first-order valence-electron chi connectivity index (χ1n) is 6.18. The molecular formula is C16H16ClN. The minimum atomic E-state index is 0.759. The molecule has 1 aromatic carbocycles. The molecule has 0 N–H and O–H groups in total. The Bertz CT molecular complexity index is 515. The lowest BCUT2D eigenvalue weighted by molar-refractivity contribution is 0.959. The van der Waals surface area contributed by atoms with Gasteiger partial charge >= 0.3 is 0 Å². The second kappa shape index (κ2) is 6.36. The van der Waals surface area contributed by atoms with E-state index < -0.39 is 0 Å². The maximum Gasteiger partial charge on any atom is 0.0704 e. The summed E-state index contributed by atoms with van der Waals surface area (Å²) in [4.78, 5) is 4.43. The molecule has 1 heterocycles. The fraction of sp³-hybridized carbons (Fsp3) is 0.188. The molecule has 0 spiro atoms. The molecule has 18 heavy (non-hydrogen) atoms. The molecule has 2 aromatic rings. The molecule has 0 unspecified atom stereocenters. The topological polar surface area (TPSA) is 12.9 Å². The van der Waals surface area contributed by atoms with E-state index in [2.05, 4.69) is 18.0 Å². The SMILES string of the molecule is CCC/C=C(/c1ccc(Cl)cc1)c1ccccn1. The van der Waals surface area contributed by atoms with Crippen LogP contribution in [0.5, 0.6) is 0 Å². The van der Waals surface area contributed by atoms with Gasteiger partial charge < -0.3 is 0 Å². The van der Waals surface area contributed by atoms with Gasteiger partial charge in [-0.1, -0.05) is 49.2 Å². The number of pyridine rings is 1. The molecule has 0 amide bonds. The van der Waals surface area contributed by atoms with E-state index in [0.29, 0.717) is 0 Å². The lowest BCUT2D eigenvalue weighted by Crippen LogP contribution is -1.91. The predicted octanol–water partition coefficient (Wildman–Crippen LogP) is 4.97. The summed E-state index contributed by atoms with van der Waals surface area (Å²) in [7, 11) is 0. The van der Waals surface area contributed by atoms with E-state index in [1.165, 1.54) is 5.57 Å². The molecule has 0 saturated heterocycles. The van der Waals surface area contributed by atoms with E-state index in [4.69, 9.17) is 11.6 Å². The summed E-state index contributed by atoms with van der Waals surface area (Å²) < 4.78 is 0. The second-order valence-electron chi connectivity index (χ2n) is 4.13. The summed E-state index contributed by atoms with van der Waals surface area (Å²) in [6.45, 7) is 2.18. The van der Waals surface area contributed by atoms with Crippen molar-refractivity contribution in [2.75, 3.05) is 0 Å². The lowest BCUT2D eigenvalue weighted by Gasteiger charge is -2.07. The highest BCUT2D eigenvalue weighted by molar-refractivity contribution is 6.30. The van der Waals surface area contributed by atoms with Crippen LogP contribution in [0.2, 0.25) is 5.02 Å². The van der Waals surface area contributed by atoms with E-state index >= 15 is 0 Å². The van der Waals surface area contributed by atoms with E-state index in [-0.39, 0.29) is 0 Å². The van der Waals surface area contributed by atoms with Crippen molar-refractivity contribution in [2.24, 2.45) is 0 Å². The number of allylic oxidation sites excluding steroid dienone is 1. The molecule has 0 radical (unpaired) electrons. The Morgan fingerprint density at radius 1 is 1.17 bits per heavy atom. The minimum Gasteiger partial charge on any atom is -0.256 e. The average Bonchev–Trinajstić information content (AvgIpc) is 2.42. The fourth-order valence-corrected chi connectivity index (χ4v) is 1.94. The van der Waals surface area contributed by atoms with Crippen LogP contribution in [0.15, 0.2) is 54.7 Å². The predicted molar refractivity (Wildman–Crippen MR) is 77.7 cm³/mol. The van der Waals surface area contributed by atoms with Gasteiger partial charge in [0.15, 0.2) is 0 Å². The van der Waals surface area contributed by atoms with Gasteiger partial charge in [-0.15, -0.1) is 0 Å². The van der Waals surface area contributed by atoms with Crippen molar-refractivity contribution >= 4 is 17.2 Å². The largest absolute Gasteiger partial charge is 0.256 e. The van der Waals surface area contributed by atoms with Gasteiger partial charge in [-0.3, -0.25) is 4.98 Å². The van der Waals surface area contributed by atoms with E-state index in [1.807, 2.05) is 48.7 Å². The van der Waals surface area contributed by atoms with Gasteiger partial charge in [-0.2, -0.15) is 0 Å². The number of aromatic nitrogens is 1. The first-order chi connectivity index (χ1) is 8.81. The van der Waals surface area contributed by atoms with Gasteiger partial charge in [0.2, 0.25) is 0 Å². The van der Waals surface area contributed by atoms with Crippen LogP contribution in [-0.4, -0.2) is 4.98 Å². The van der Waals surface area contributed by atoms with Crippen molar-refractivity contribution in [2.45, 2.75) is 19.8 Å². The van der Waals surface area contributed by atoms with E-state index in [0.717, 1.165) is 29.1 Å². The summed E-state index contributed by atoms with van der Waals surface area (Å²) in [6.07, 6.45) is 6.25. The molecule has 0 aliphatic heterocycles. The maximum absolute atomic E-state index is 5.93. The number of hydrogen-bond donors (Lipinski definition) is 0. The number of benzene rings is 1. The Hall–Kier alpha value is -1.60. The van der Waals surface area contributed by atoms with Crippen molar-refractivity contribution in [1.82, 2.24) is 4.98 Å². The molecule has 0 bridgehead atoms. The summed E-state index contributed by atoms with van der Waals surface area (Å²) in [5.41, 5.74) is 3.34. The highest BCUT2D eigenvalue weighted by atomic mass is 35.5. The highest BCUT2D eigenvalue weighted by Gasteiger charge is 2.05. The second-order valence-corrected chi connectivity index (χ2v) is 4.56. The zero-order valence-electron chi connectivity index (χ0n) is 10.4. The van der Waals surface area contributed by atoms with Crippen LogP contribution in [0.1, 0.15) is 31.0 Å². The average molecular weight is 258 g/mol. The maximum atomic E-state index is 5.93. The number of hydrogen-bond acceptors (Lipinski definition) is 1. The van der Waals surface area contributed by atoms with Gasteiger partial charge in [0.25, 0.3) is 0 Å². The number of rotatable bonds is 4. The monoisotopic (exact) mass is 257 g/mol. The summed E-state index contributed by atoms with van der Waals surface area (Å²) >= 11 is 5.93. The first-order valence-corrected chi connectivity index (χ1v) is 6.56. The zero-order chi connectivity index (χ0) is 12.8. The Balaban J connectivity index is 2.40. The highest BCUT2D eigenvalue weighted by Crippen LogP contribution is 2.24. The van der Waals surface area contributed by atoms with Gasteiger partial charge in [-0.05, 0) is 36.2 Å². The molecule has 0 aliphatic rings. The normalized spacial score (nSPS) is 11.6. The minimum absolute atomic E-state index is 0.759. The van der Waals surface area contributed by atoms with Crippen molar-refractivity contribution in [1.29, 1.82) is 0 Å². The third-order valence-electron chi connectivity index (χ3n) is 2.73. The molecule has 0 atom stereocenters. The van der Waals surface area contributed by atoms with Gasteiger partial charge in [0, 0.05) is 16.8 Å². The number of nitrogens with zero attached hydrogens (tertiary/aromatic N) is 1. The van der Waals surface area contributed by atoms with Crippen molar-refractivity contribution in [3.8, 4) is 0 Å². The molecule has 2 rings (SSSR count). The molecule has 1 nitrogen and oxygen atoms in total.